The van der Waals surface area contributed by atoms with Gasteiger partial charge in [0.05, 0.1) is 18.9 Å². The molecule has 118 valence electrons. The number of ether oxygens (including phenoxy) is 2. The van der Waals surface area contributed by atoms with Crippen LogP contribution in [0.15, 0.2) is 24.3 Å². The van der Waals surface area contributed by atoms with Crippen LogP contribution < -0.4 is 9.64 Å². The van der Waals surface area contributed by atoms with E-state index in [1.54, 1.807) is 4.90 Å². The quantitative estimate of drug-likeness (QED) is 0.834. The first-order valence-corrected chi connectivity index (χ1v) is 7.63. The number of carbonyl (C=O) groups excluding carboxylic acids is 2. The molecule has 0 aliphatic carbocycles. The van der Waals surface area contributed by atoms with E-state index < -0.39 is 0 Å². The summed E-state index contributed by atoms with van der Waals surface area (Å²) in [5.41, 5.74) is 0.789. The highest BCUT2D eigenvalue weighted by molar-refractivity contribution is 5.97. The number of amides is 2. The lowest BCUT2D eigenvalue weighted by Gasteiger charge is -2.30. The predicted octanol–water partition coefficient (Wildman–Crippen LogP) is 1.05. The largest absolute Gasteiger partial charge is 0.482 e. The van der Waals surface area contributed by atoms with Gasteiger partial charge >= 0.3 is 0 Å². The fraction of sp³-hybridized carbons (Fsp3) is 0.500. The van der Waals surface area contributed by atoms with E-state index in [2.05, 4.69) is 0 Å². The zero-order valence-corrected chi connectivity index (χ0v) is 12.5. The van der Waals surface area contributed by atoms with Gasteiger partial charge in [-0.05, 0) is 18.6 Å². The molecule has 3 rings (SSSR count). The molecule has 1 aromatic rings. The molecule has 0 aromatic heterocycles. The molecule has 0 saturated carbocycles. The van der Waals surface area contributed by atoms with Gasteiger partial charge in [0.25, 0.3) is 5.91 Å². The molecule has 0 unspecified atom stereocenters. The molecule has 0 spiro atoms. The maximum atomic E-state index is 12.1. The Morgan fingerprint density at radius 3 is 2.77 bits per heavy atom. The van der Waals surface area contributed by atoms with Gasteiger partial charge in [0.2, 0.25) is 5.91 Å². The third kappa shape index (κ3) is 3.22. The Bertz CT molecular complexity index is 555. The molecular formula is C16H20N2O4. The summed E-state index contributed by atoms with van der Waals surface area (Å²) in [4.78, 5) is 27.7. The fourth-order valence-electron chi connectivity index (χ4n) is 2.76. The molecule has 6 nitrogen and oxygen atoms in total. The van der Waals surface area contributed by atoms with Gasteiger partial charge in [-0.2, -0.15) is 0 Å². The summed E-state index contributed by atoms with van der Waals surface area (Å²) in [6, 6.07) is 7.49. The third-order valence-electron chi connectivity index (χ3n) is 3.94. The predicted molar refractivity (Wildman–Crippen MR) is 80.9 cm³/mol. The van der Waals surface area contributed by atoms with Crippen molar-refractivity contribution >= 4 is 17.5 Å². The first-order chi connectivity index (χ1) is 10.8. The number of carbonyl (C=O) groups is 2. The van der Waals surface area contributed by atoms with Gasteiger partial charge in [0.1, 0.15) is 5.75 Å². The number of anilines is 1. The van der Waals surface area contributed by atoms with Crippen molar-refractivity contribution in [3.8, 4) is 5.75 Å². The molecule has 0 atom stereocenters. The Hall–Kier alpha value is -2.08. The number of rotatable bonds is 4. The van der Waals surface area contributed by atoms with Crippen molar-refractivity contribution in [3.63, 3.8) is 0 Å². The van der Waals surface area contributed by atoms with Crippen LogP contribution in [0.3, 0.4) is 0 Å². The van der Waals surface area contributed by atoms with Gasteiger partial charge in [-0.3, -0.25) is 9.59 Å². The molecule has 22 heavy (non-hydrogen) atoms. The molecule has 2 aliphatic heterocycles. The van der Waals surface area contributed by atoms with Crippen LogP contribution in [-0.4, -0.2) is 56.2 Å². The monoisotopic (exact) mass is 304 g/mol. The Balaban J connectivity index is 1.55. The van der Waals surface area contributed by atoms with E-state index in [-0.39, 0.29) is 18.4 Å². The van der Waals surface area contributed by atoms with E-state index in [9.17, 15) is 9.59 Å². The number of nitrogens with zero attached hydrogens (tertiary/aromatic N) is 2. The number of morpholine rings is 1. The van der Waals surface area contributed by atoms with Crippen LogP contribution in [0, 0.1) is 0 Å². The Morgan fingerprint density at radius 2 is 1.95 bits per heavy atom. The van der Waals surface area contributed by atoms with Gasteiger partial charge in [-0.25, -0.2) is 0 Å². The molecule has 2 aliphatic rings. The van der Waals surface area contributed by atoms with Gasteiger partial charge in [0.15, 0.2) is 6.61 Å². The summed E-state index contributed by atoms with van der Waals surface area (Å²) in [6.07, 6.45) is 1.10. The highest BCUT2D eigenvalue weighted by Crippen LogP contribution is 2.31. The van der Waals surface area contributed by atoms with Crippen molar-refractivity contribution in [1.29, 1.82) is 0 Å². The molecule has 1 fully saturated rings. The molecule has 0 N–H and O–H groups in total. The first kappa shape index (κ1) is 14.8. The van der Waals surface area contributed by atoms with Crippen LogP contribution in [-0.2, 0) is 14.3 Å². The van der Waals surface area contributed by atoms with Gasteiger partial charge in [-0.1, -0.05) is 12.1 Å². The molecule has 1 aromatic carbocycles. The maximum absolute atomic E-state index is 12.1. The van der Waals surface area contributed by atoms with Crippen LogP contribution in [0.1, 0.15) is 12.8 Å². The fourth-order valence-corrected chi connectivity index (χ4v) is 2.76. The second-order valence-corrected chi connectivity index (χ2v) is 5.40. The summed E-state index contributed by atoms with van der Waals surface area (Å²) in [5, 5.41) is 0. The zero-order chi connectivity index (χ0) is 15.4. The third-order valence-corrected chi connectivity index (χ3v) is 3.94. The molecule has 2 amide bonds. The van der Waals surface area contributed by atoms with E-state index in [4.69, 9.17) is 9.47 Å². The standard InChI is InChI=1S/C16H20N2O4/c19-15(17-8-10-21-11-9-17)6-3-7-18-13-4-1-2-5-14(13)22-12-16(18)20/h1-2,4-5H,3,6-12H2. The lowest BCUT2D eigenvalue weighted by atomic mass is 10.2. The van der Waals surface area contributed by atoms with Crippen LogP contribution in [0.2, 0.25) is 0 Å². The Labute approximate surface area is 129 Å². The number of hydrogen-bond donors (Lipinski definition) is 0. The number of benzene rings is 1. The van der Waals surface area contributed by atoms with E-state index in [0.717, 1.165) is 11.4 Å². The maximum Gasteiger partial charge on any atom is 0.265 e. The average Bonchev–Trinajstić information content (AvgIpc) is 2.57. The highest BCUT2D eigenvalue weighted by Gasteiger charge is 2.25. The summed E-state index contributed by atoms with van der Waals surface area (Å²) in [7, 11) is 0. The molecule has 0 bridgehead atoms. The summed E-state index contributed by atoms with van der Waals surface area (Å²) in [6.45, 7) is 3.15. The summed E-state index contributed by atoms with van der Waals surface area (Å²) < 4.78 is 10.7. The lowest BCUT2D eigenvalue weighted by Crippen LogP contribution is -2.42. The second-order valence-electron chi connectivity index (χ2n) is 5.40. The zero-order valence-electron chi connectivity index (χ0n) is 12.5. The summed E-state index contributed by atoms with van der Waals surface area (Å²) >= 11 is 0. The van der Waals surface area contributed by atoms with E-state index in [1.165, 1.54) is 0 Å². The summed E-state index contributed by atoms with van der Waals surface area (Å²) in [5.74, 6) is 0.802. The van der Waals surface area contributed by atoms with Crippen molar-refractivity contribution in [2.45, 2.75) is 12.8 Å². The molecular weight excluding hydrogens is 284 g/mol. The van der Waals surface area contributed by atoms with Crippen molar-refractivity contribution in [1.82, 2.24) is 4.90 Å². The molecule has 6 heteroatoms. The van der Waals surface area contributed by atoms with Crippen LogP contribution in [0.25, 0.3) is 0 Å². The van der Waals surface area contributed by atoms with Crippen molar-refractivity contribution in [3.05, 3.63) is 24.3 Å². The van der Waals surface area contributed by atoms with Crippen LogP contribution >= 0.6 is 0 Å². The van der Waals surface area contributed by atoms with Gasteiger partial charge in [0, 0.05) is 26.1 Å². The van der Waals surface area contributed by atoms with E-state index in [1.807, 2.05) is 29.2 Å². The van der Waals surface area contributed by atoms with Crippen LogP contribution in [0.4, 0.5) is 5.69 Å². The smallest absolute Gasteiger partial charge is 0.265 e. The Kier molecular flexibility index (Phi) is 4.58. The van der Waals surface area contributed by atoms with Crippen molar-refractivity contribution < 1.29 is 19.1 Å². The minimum atomic E-state index is -0.0579. The SMILES string of the molecule is O=C(CCCN1C(=O)COc2ccccc21)N1CCOCC1. The molecule has 1 saturated heterocycles. The van der Waals surface area contributed by atoms with Crippen molar-refractivity contribution in [2.24, 2.45) is 0 Å². The van der Waals surface area contributed by atoms with Gasteiger partial charge < -0.3 is 19.3 Å². The van der Waals surface area contributed by atoms with Gasteiger partial charge in [-0.15, -0.1) is 0 Å². The van der Waals surface area contributed by atoms with Crippen molar-refractivity contribution in [2.75, 3.05) is 44.4 Å². The number of hydrogen-bond acceptors (Lipinski definition) is 4. The van der Waals surface area contributed by atoms with Crippen LogP contribution in [0.5, 0.6) is 5.75 Å². The van der Waals surface area contributed by atoms with E-state index >= 15 is 0 Å². The normalized spacial score (nSPS) is 17.9. The molecule has 2 heterocycles. The average molecular weight is 304 g/mol. The molecule has 0 radical (unpaired) electrons. The minimum Gasteiger partial charge on any atom is -0.482 e. The second kappa shape index (κ2) is 6.79. The first-order valence-electron chi connectivity index (χ1n) is 7.63. The minimum absolute atomic E-state index is 0.0579. The number of fused-ring (bicyclic) bond motifs is 1. The topological polar surface area (TPSA) is 59.1 Å². The highest BCUT2D eigenvalue weighted by atomic mass is 16.5. The number of para-hydroxylation sites is 2. The lowest BCUT2D eigenvalue weighted by molar-refractivity contribution is -0.135. The Morgan fingerprint density at radius 1 is 1.18 bits per heavy atom. The van der Waals surface area contributed by atoms with E-state index in [0.29, 0.717) is 45.7 Å².